The predicted molar refractivity (Wildman–Crippen MR) is 98.0 cm³/mol. The first-order chi connectivity index (χ1) is 10.7. The van der Waals surface area contributed by atoms with Crippen molar-refractivity contribution in [3.63, 3.8) is 0 Å². The molecule has 0 spiro atoms. The summed E-state index contributed by atoms with van der Waals surface area (Å²) >= 11 is 0. The van der Waals surface area contributed by atoms with Crippen LogP contribution < -0.4 is 0 Å². The topological polar surface area (TPSA) is 74.6 Å². The molecule has 0 aromatic carbocycles. The minimum absolute atomic E-state index is 0.0482. The van der Waals surface area contributed by atoms with Gasteiger partial charge in [0.15, 0.2) is 0 Å². The van der Waals surface area contributed by atoms with Gasteiger partial charge in [0.1, 0.15) is 0 Å². The van der Waals surface area contributed by atoms with Crippen molar-refractivity contribution < 1.29 is 19.8 Å². The van der Waals surface area contributed by atoms with Crippen LogP contribution >= 0.6 is 0 Å². The lowest BCUT2D eigenvalue weighted by molar-refractivity contribution is -0.161. The van der Waals surface area contributed by atoms with Crippen molar-refractivity contribution in [2.75, 3.05) is 0 Å². The van der Waals surface area contributed by atoms with Crippen LogP contribution in [-0.2, 0) is 9.59 Å². The molecule has 0 radical (unpaired) electrons. The number of aliphatic carboxylic acids is 2. The van der Waals surface area contributed by atoms with Gasteiger partial charge in [-0.25, -0.2) is 0 Å². The molecule has 0 aliphatic heterocycles. The zero-order valence-electron chi connectivity index (χ0n) is 16.9. The van der Waals surface area contributed by atoms with Crippen molar-refractivity contribution in [2.45, 2.75) is 87.5 Å². The summed E-state index contributed by atoms with van der Waals surface area (Å²) in [5.41, 5.74) is -0.857. The third kappa shape index (κ3) is 5.49. The molecule has 0 bridgehead atoms. The Kier molecular flexibility index (Phi) is 7.98. The van der Waals surface area contributed by atoms with Crippen LogP contribution in [0.15, 0.2) is 0 Å². The lowest BCUT2D eigenvalue weighted by atomic mass is 9.58. The summed E-state index contributed by atoms with van der Waals surface area (Å²) < 4.78 is 0. The fourth-order valence-electron chi connectivity index (χ4n) is 3.99. The molecule has 142 valence electrons. The van der Waals surface area contributed by atoms with Crippen molar-refractivity contribution in [2.24, 2.45) is 28.1 Å². The first kappa shape index (κ1) is 22.9. The van der Waals surface area contributed by atoms with Crippen molar-refractivity contribution in [3.8, 4) is 0 Å². The van der Waals surface area contributed by atoms with Crippen LogP contribution in [-0.4, -0.2) is 22.2 Å². The standard InChI is InChI=1S/C20H38O4/c1-9-11-18(3,4)15(17(23)24)14(16(21)22)13-20(7,8)19(5,6)12-10-2/h14-15H,9-13H2,1-8H3,(H,21,22)(H,23,24). The van der Waals surface area contributed by atoms with Gasteiger partial charge < -0.3 is 10.2 Å². The average Bonchev–Trinajstić information content (AvgIpc) is 2.36. The van der Waals surface area contributed by atoms with Crippen LogP contribution in [0, 0.1) is 28.1 Å². The van der Waals surface area contributed by atoms with E-state index in [0.717, 1.165) is 19.3 Å². The minimum atomic E-state index is -0.995. The first-order valence-corrected chi connectivity index (χ1v) is 9.19. The van der Waals surface area contributed by atoms with Crippen molar-refractivity contribution in [1.82, 2.24) is 0 Å². The zero-order chi connectivity index (χ0) is 19.3. The van der Waals surface area contributed by atoms with E-state index in [1.54, 1.807) is 0 Å². The molecule has 0 saturated carbocycles. The van der Waals surface area contributed by atoms with Crippen molar-refractivity contribution in [3.05, 3.63) is 0 Å². The van der Waals surface area contributed by atoms with E-state index in [-0.39, 0.29) is 10.8 Å². The summed E-state index contributed by atoms with van der Waals surface area (Å²) in [6, 6.07) is 0. The number of hydrogen-bond donors (Lipinski definition) is 2. The maximum absolute atomic E-state index is 12.0. The maximum atomic E-state index is 12.0. The molecular weight excluding hydrogens is 304 g/mol. The highest BCUT2D eigenvalue weighted by molar-refractivity contribution is 5.80. The van der Waals surface area contributed by atoms with E-state index in [9.17, 15) is 19.8 Å². The molecule has 0 rings (SSSR count). The molecule has 24 heavy (non-hydrogen) atoms. The number of carboxylic acids is 2. The lowest BCUT2D eigenvalue weighted by Crippen LogP contribution is -2.44. The second kappa shape index (κ2) is 8.35. The molecular formula is C20H38O4. The summed E-state index contributed by atoms with van der Waals surface area (Å²) in [6.45, 7) is 16.4. The Balaban J connectivity index is 5.77. The van der Waals surface area contributed by atoms with Crippen molar-refractivity contribution in [1.29, 1.82) is 0 Å². The summed E-state index contributed by atoms with van der Waals surface area (Å²) in [5, 5.41) is 19.6. The second-order valence-electron chi connectivity index (χ2n) is 9.22. The van der Waals surface area contributed by atoms with E-state index < -0.39 is 29.2 Å². The van der Waals surface area contributed by atoms with Gasteiger partial charge in [0.05, 0.1) is 11.8 Å². The average molecular weight is 343 g/mol. The van der Waals surface area contributed by atoms with Gasteiger partial charge in [-0.05, 0) is 35.5 Å². The Morgan fingerprint density at radius 3 is 1.58 bits per heavy atom. The molecule has 0 amide bonds. The normalized spacial score (nSPS) is 15.8. The Morgan fingerprint density at radius 2 is 1.25 bits per heavy atom. The highest BCUT2D eigenvalue weighted by atomic mass is 16.4. The summed E-state index contributed by atoms with van der Waals surface area (Å²) in [6.07, 6.45) is 3.93. The van der Waals surface area contributed by atoms with Crippen LogP contribution in [0.25, 0.3) is 0 Å². The van der Waals surface area contributed by atoms with Gasteiger partial charge in [-0.1, -0.05) is 68.2 Å². The SMILES string of the molecule is CCCC(C)(C)C(C(=O)O)C(CC(C)(C)C(C)(C)CCC)C(=O)O. The van der Waals surface area contributed by atoms with E-state index >= 15 is 0 Å². The molecule has 4 nitrogen and oxygen atoms in total. The molecule has 2 N–H and O–H groups in total. The maximum Gasteiger partial charge on any atom is 0.307 e. The summed E-state index contributed by atoms with van der Waals surface area (Å²) in [4.78, 5) is 24.0. The Morgan fingerprint density at radius 1 is 0.792 bits per heavy atom. The fraction of sp³-hybridized carbons (Fsp3) is 0.900. The molecule has 0 aliphatic carbocycles. The van der Waals surface area contributed by atoms with Crippen molar-refractivity contribution >= 4 is 11.9 Å². The molecule has 0 heterocycles. The van der Waals surface area contributed by atoms with E-state index in [2.05, 4.69) is 34.6 Å². The Bertz CT molecular complexity index is 435. The number of carboxylic acid groups (broad SMARTS) is 2. The highest BCUT2D eigenvalue weighted by Gasteiger charge is 2.48. The fourth-order valence-corrected chi connectivity index (χ4v) is 3.99. The molecule has 4 heteroatoms. The van der Waals surface area contributed by atoms with E-state index in [1.807, 2.05) is 20.8 Å². The van der Waals surface area contributed by atoms with Crippen LogP contribution in [0.3, 0.4) is 0 Å². The molecule has 0 fully saturated rings. The summed E-state index contributed by atoms with van der Waals surface area (Å²) in [7, 11) is 0. The van der Waals surface area contributed by atoms with Gasteiger partial charge in [0, 0.05) is 0 Å². The molecule has 0 aromatic rings. The minimum Gasteiger partial charge on any atom is -0.481 e. The molecule has 2 unspecified atom stereocenters. The van der Waals surface area contributed by atoms with Gasteiger partial charge in [0.2, 0.25) is 0 Å². The Hall–Kier alpha value is -1.06. The lowest BCUT2D eigenvalue weighted by Gasteiger charge is -2.45. The number of carbonyl (C=O) groups is 2. The van der Waals surface area contributed by atoms with Gasteiger partial charge >= 0.3 is 11.9 Å². The highest BCUT2D eigenvalue weighted by Crippen LogP contribution is 2.49. The first-order valence-electron chi connectivity index (χ1n) is 9.19. The smallest absolute Gasteiger partial charge is 0.307 e. The molecule has 0 saturated heterocycles. The molecule has 2 atom stereocenters. The quantitative estimate of drug-likeness (QED) is 0.523. The van der Waals surface area contributed by atoms with Gasteiger partial charge in [-0.15, -0.1) is 0 Å². The van der Waals surface area contributed by atoms with E-state index in [4.69, 9.17) is 0 Å². The second-order valence-corrected chi connectivity index (χ2v) is 9.22. The van der Waals surface area contributed by atoms with Crippen LogP contribution in [0.4, 0.5) is 0 Å². The van der Waals surface area contributed by atoms with Gasteiger partial charge in [0.25, 0.3) is 0 Å². The summed E-state index contributed by atoms with van der Waals surface area (Å²) in [5.74, 6) is -3.75. The zero-order valence-corrected chi connectivity index (χ0v) is 16.9. The van der Waals surface area contributed by atoms with Gasteiger partial charge in [-0.3, -0.25) is 9.59 Å². The number of hydrogen-bond acceptors (Lipinski definition) is 2. The molecule has 0 aromatic heterocycles. The monoisotopic (exact) mass is 342 g/mol. The van der Waals surface area contributed by atoms with Crippen LogP contribution in [0.2, 0.25) is 0 Å². The number of rotatable bonds is 11. The third-order valence-electron chi connectivity index (χ3n) is 6.16. The third-order valence-corrected chi connectivity index (χ3v) is 6.16. The van der Waals surface area contributed by atoms with E-state index in [1.165, 1.54) is 0 Å². The predicted octanol–water partition coefficient (Wildman–Crippen LogP) is 5.46. The van der Waals surface area contributed by atoms with Crippen LogP contribution in [0.5, 0.6) is 0 Å². The largest absolute Gasteiger partial charge is 0.481 e. The molecule has 0 aliphatic rings. The Labute approximate surface area is 148 Å². The van der Waals surface area contributed by atoms with E-state index in [0.29, 0.717) is 12.8 Å². The van der Waals surface area contributed by atoms with Gasteiger partial charge in [-0.2, -0.15) is 0 Å². The van der Waals surface area contributed by atoms with Crippen LogP contribution in [0.1, 0.15) is 87.5 Å².